The molecule has 0 bridgehead atoms. The number of benzene rings is 2. The molecule has 0 atom stereocenters. The van der Waals surface area contributed by atoms with Gasteiger partial charge in [-0.05, 0) is 36.4 Å². The minimum absolute atomic E-state index is 0.0547. The van der Waals surface area contributed by atoms with Crippen LogP contribution >= 0.6 is 0 Å². The summed E-state index contributed by atoms with van der Waals surface area (Å²) in [5.41, 5.74) is 2.52. The van der Waals surface area contributed by atoms with Crippen molar-refractivity contribution in [3.63, 3.8) is 0 Å². The molecule has 6 heteroatoms. The van der Waals surface area contributed by atoms with Crippen LogP contribution in [0.2, 0.25) is 0 Å². The van der Waals surface area contributed by atoms with Crippen LogP contribution in [0.15, 0.2) is 47.6 Å². The number of carbonyl (C=O) groups excluding carboxylic acids is 1. The third-order valence-electron chi connectivity index (χ3n) is 2.66. The fourth-order valence-electron chi connectivity index (χ4n) is 1.60. The Morgan fingerprint density at radius 1 is 1.24 bits per heavy atom. The number of nitrogens with zero attached hydrogens (tertiary/aromatic N) is 1. The monoisotopic (exact) mass is 290 g/mol. The van der Waals surface area contributed by atoms with Gasteiger partial charge in [-0.15, -0.1) is 0 Å². The number of nitrogens with one attached hydrogen (secondary N) is 1. The van der Waals surface area contributed by atoms with Crippen LogP contribution in [0, 0.1) is 11.6 Å². The smallest absolute Gasteiger partial charge is 0.271 e. The summed E-state index contributed by atoms with van der Waals surface area (Å²) < 4.78 is 31.3. The number of ether oxygens (including phenoxy) is 1. The molecule has 0 heterocycles. The van der Waals surface area contributed by atoms with E-state index in [9.17, 15) is 13.6 Å². The number of hydrazone groups is 1. The van der Waals surface area contributed by atoms with E-state index in [0.29, 0.717) is 11.3 Å². The SMILES string of the molecule is COc1cccc(C(=O)N/N=C/c2cc(F)ccc2F)c1. The summed E-state index contributed by atoms with van der Waals surface area (Å²) in [5, 5.41) is 3.60. The number of hydrogen-bond donors (Lipinski definition) is 1. The molecule has 0 unspecified atom stereocenters. The Hall–Kier alpha value is -2.76. The van der Waals surface area contributed by atoms with Gasteiger partial charge in [-0.2, -0.15) is 5.10 Å². The van der Waals surface area contributed by atoms with E-state index in [2.05, 4.69) is 10.5 Å². The number of hydrogen-bond acceptors (Lipinski definition) is 3. The van der Waals surface area contributed by atoms with E-state index in [0.717, 1.165) is 24.4 Å². The van der Waals surface area contributed by atoms with Gasteiger partial charge in [-0.1, -0.05) is 6.07 Å². The Bertz CT molecular complexity index is 687. The third-order valence-corrected chi connectivity index (χ3v) is 2.66. The molecular weight excluding hydrogens is 278 g/mol. The highest BCUT2D eigenvalue weighted by atomic mass is 19.1. The Kier molecular flexibility index (Phi) is 4.61. The van der Waals surface area contributed by atoms with Crippen molar-refractivity contribution >= 4 is 12.1 Å². The molecule has 1 N–H and O–H groups in total. The molecule has 2 aromatic rings. The van der Waals surface area contributed by atoms with Gasteiger partial charge in [0.1, 0.15) is 17.4 Å². The predicted octanol–water partition coefficient (Wildman–Crippen LogP) is 2.74. The molecule has 0 saturated carbocycles. The molecule has 21 heavy (non-hydrogen) atoms. The minimum Gasteiger partial charge on any atom is -0.497 e. The van der Waals surface area contributed by atoms with E-state index in [1.54, 1.807) is 18.2 Å². The van der Waals surface area contributed by atoms with E-state index in [1.165, 1.54) is 13.2 Å². The van der Waals surface area contributed by atoms with E-state index in [-0.39, 0.29) is 5.56 Å². The first-order valence-corrected chi connectivity index (χ1v) is 6.02. The van der Waals surface area contributed by atoms with Crippen LogP contribution in [-0.4, -0.2) is 19.2 Å². The molecule has 0 spiro atoms. The fourth-order valence-corrected chi connectivity index (χ4v) is 1.60. The quantitative estimate of drug-likeness (QED) is 0.695. The molecule has 0 aliphatic heterocycles. The summed E-state index contributed by atoms with van der Waals surface area (Å²) in [6.07, 6.45) is 1.04. The van der Waals surface area contributed by atoms with E-state index in [4.69, 9.17) is 4.74 Å². The maximum Gasteiger partial charge on any atom is 0.271 e. The number of carbonyl (C=O) groups is 1. The zero-order valence-electron chi connectivity index (χ0n) is 11.1. The van der Waals surface area contributed by atoms with Crippen LogP contribution in [0.1, 0.15) is 15.9 Å². The first-order valence-electron chi connectivity index (χ1n) is 6.02. The van der Waals surface area contributed by atoms with Crippen molar-refractivity contribution in [2.45, 2.75) is 0 Å². The molecule has 1 amide bonds. The fraction of sp³-hybridized carbons (Fsp3) is 0.0667. The molecule has 0 aliphatic rings. The van der Waals surface area contributed by atoms with Crippen molar-refractivity contribution in [3.05, 3.63) is 65.2 Å². The van der Waals surface area contributed by atoms with Gasteiger partial charge in [-0.3, -0.25) is 4.79 Å². The van der Waals surface area contributed by atoms with Crippen molar-refractivity contribution < 1.29 is 18.3 Å². The Morgan fingerprint density at radius 3 is 2.81 bits per heavy atom. The predicted molar refractivity (Wildman–Crippen MR) is 74.4 cm³/mol. The van der Waals surface area contributed by atoms with Crippen LogP contribution in [-0.2, 0) is 0 Å². The van der Waals surface area contributed by atoms with Gasteiger partial charge in [0.15, 0.2) is 0 Å². The minimum atomic E-state index is -0.629. The van der Waals surface area contributed by atoms with Gasteiger partial charge in [0.2, 0.25) is 0 Å². The summed E-state index contributed by atoms with van der Waals surface area (Å²) in [5.74, 6) is -1.17. The van der Waals surface area contributed by atoms with Crippen molar-refractivity contribution in [2.24, 2.45) is 5.10 Å². The number of rotatable bonds is 4. The van der Waals surface area contributed by atoms with Gasteiger partial charge >= 0.3 is 0 Å². The van der Waals surface area contributed by atoms with Crippen LogP contribution < -0.4 is 10.2 Å². The molecule has 4 nitrogen and oxygen atoms in total. The number of methoxy groups -OCH3 is 1. The Balaban J connectivity index is 2.06. The lowest BCUT2D eigenvalue weighted by Crippen LogP contribution is -2.17. The maximum absolute atomic E-state index is 13.3. The Morgan fingerprint density at radius 2 is 2.05 bits per heavy atom. The molecule has 2 aromatic carbocycles. The number of halogens is 2. The third kappa shape index (κ3) is 3.85. The number of amides is 1. The topological polar surface area (TPSA) is 50.7 Å². The van der Waals surface area contributed by atoms with Crippen molar-refractivity contribution in [1.29, 1.82) is 0 Å². The zero-order chi connectivity index (χ0) is 15.2. The highest BCUT2D eigenvalue weighted by Gasteiger charge is 2.05. The lowest BCUT2D eigenvalue weighted by Gasteiger charge is -2.03. The lowest BCUT2D eigenvalue weighted by atomic mass is 10.2. The molecule has 2 rings (SSSR count). The van der Waals surface area contributed by atoms with Gasteiger partial charge in [0.05, 0.1) is 13.3 Å². The largest absolute Gasteiger partial charge is 0.497 e. The second kappa shape index (κ2) is 6.60. The van der Waals surface area contributed by atoms with Crippen LogP contribution in [0.5, 0.6) is 5.75 Å². The summed E-state index contributed by atoms with van der Waals surface area (Å²) >= 11 is 0. The molecule has 0 radical (unpaired) electrons. The highest BCUT2D eigenvalue weighted by molar-refractivity contribution is 5.95. The summed E-state index contributed by atoms with van der Waals surface area (Å²) in [6, 6.07) is 9.44. The highest BCUT2D eigenvalue weighted by Crippen LogP contribution is 2.12. The normalized spacial score (nSPS) is 10.6. The van der Waals surface area contributed by atoms with E-state index < -0.39 is 17.5 Å². The second-order valence-corrected chi connectivity index (χ2v) is 4.10. The van der Waals surface area contributed by atoms with Crippen LogP contribution in [0.3, 0.4) is 0 Å². The zero-order valence-corrected chi connectivity index (χ0v) is 11.1. The van der Waals surface area contributed by atoms with E-state index >= 15 is 0 Å². The summed E-state index contributed by atoms with van der Waals surface area (Å²) in [6.45, 7) is 0. The van der Waals surface area contributed by atoms with Crippen LogP contribution in [0.25, 0.3) is 0 Å². The first-order chi connectivity index (χ1) is 10.1. The van der Waals surface area contributed by atoms with Gasteiger partial charge in [-0.25, -0.2) is 14.2 Å². The van der Waals surface area contributed by atoms with Gasteiger partial charge < -0.3 is 4.74 Å². The molecule has 0 aliphatic carbocycles. The van der Waals surface area contributed by atoms with Gasteiger partial charge in [0.25, 0.3) is 5.91 Å². The average Bonchev–Trinajstić information content (AvgIpc) is 2.50. The average molecular weight is 290 g/mol. The van der Waals surface area contributed by atoms with Crippen LogP contribution in [0.4, 0.5) is 8.78 Å². The Labute approximate surface area is 120 Å². The van der Waals surface area contributed by atoms with Crippen molar-refractivity contribution in [2.75, 3.05) is 7.11 Å². The van der Waals surface area contributed by atoms with Crippen molar-refractivity contribution in [3.8, 4) is 5.75 Å². The summed E-state index contributed by atoms with van der Waals surface area (Å²) in [7, 11) is 1.49. The lowest BCUT2D eigenvalue weighted by molar-refractivity contribution is 0.0955. The van der Waals surface area contributed by atoms with E-state index in [1.807, 2.05) is 0 Å². The van der Waals surface area contributed by atoms with Gasteiger partial charge in [0, 0.05) is 11.1 Å². The molecule has 0 fully saturated rings. The van der Waals surface area contributed by atoms with Crippen molar-refractivity contribution in [1.82, 2.24) is 5.43 Å². The molecule has 0 aromatic heterocycles. The molecule has 108 valence electrons. The molecular formula is C15H12F2N2O2. The standard InChI is InChI=1S/C15H12F2N2O2/c1-21-13-4-2-3-10(8-13)15(20)19-18-9-11-7-12(16)5-6-14(11)17/h2-9H,1H3,(H,19,20)/b18-9+. The summed E-state index contributed by atoms with van der Waals surface area (Å²) in [4.78, 5) is 11.8. The first kappa shape index (κ1) is 14.6. The second-order valence-electron chi connectivity index (χ2n) is 4.10. The maximum atomic E-state index is 13.3. The molecule has 0 saturated heterocycles.